The van der Waals surface area contributed by atoms with Crippen molar-refractivity contribution in [3.8, 4) is 0 Å². The zero-order valence-electron chi connectivity index (χ0n) is 14.2. The van der Waals surface area contributed by atoms with Crippen molar-refractivity contribution in [2.45, 2.75) is 6.92 Å². The van der Waals surface area contributed by atoms with Gasteiger partial charge in [0.05, 0.1) is 5.69 Å². The molecule has 2 aromatic heterocycles. The van der Waals surface area contributed by atoms with Crippen LogP contribution in [-0.4, -0.2) is 28.6 Å². The molecule has 3 rings (SSSR count). The molecule has 2 heterocycles. The van der Waals surface area contributed by atoms with Gasteiger partial charge in [0, 0.05) is 12.3 Å². The van der Waals surface area contributed by atoms with Crippen LogP contribution in [-0.2, 0) is 9.53 Å². The number of nitrogens with one attached hydrogen (secondary N) is 2. The van der Waals surface area contributed by atoms with Gasteiger partial charge in [0.1, 0.15) is 23.0 Å². The molecule has 0 bridgehead atoms. The van der Waals surface area contributed by atoms with Gasteiger partial charge in [-0.2, -0.15) is 0 Å². The lowest BCUT2D eigenvalue weighted by Crippen LogP contribution is -2.21. The number of benzene rings is 1. The maximum absolute atomic E-state index is 13.8. The summed E-state index contributed by atoms with van der Waals surface area (Å²) < 4.78 is 23.6. The topological polar surface area (TPSA) is 106 Å². The van der Waals surface area contributed by atoms with Crippen molar-refractivity contribution in [2.75, 3.05) is 17.2 Å². The molecule has 9 heteroatoms. The summed E-state index contributed by atoms with van der Waals surface area (Å²) in [6, 6.07) is 10.5. The Hall–Kier alpha value is -3.75. The third-order valence-electron chi connectivity index (χ3n) is 3.38. The third-order valence-corrected chi connectivity index (χ3v) is 3.38. The molecule has 0 spiro atoms. The number of carbonyl (C=O) groups excluding carboxylic acids is 2. The first-order valence-electron chi connectivity index (χ1n) is 7.90. The van der Waals surface area contributed by atoms with E-state index in [1.54, 1.807) is 19.1 Å². The molecule has 0 saturated heterocycles. The normalized spacial score (nSPS) is 10.3. The van der Waals surface area contributed by atoms with Crippen molar-refractivity contribution in [3.63, 3.8) is 0 Å². The summed E-state index contributed by atoms with van der Waals surface area (Å²) >= 11 is 0. The molecule has 0 aliphatic carbocycles. The van der Waals surface area contributed by atoms with E-state index in [4.69, 9.17) is 9.26 Å². The van der Waals surface area contributed by atoms with Gasteiger partial charge in [-0.15, -0.1) is 0 Å². The highest BCUT2D eigenvalue weighted by molar-refractivity contribution is 5.98. The summed E-state index contributed by atoms with van der Waals surface area (Å²) in [7, 11) is 0. The van der Waals surface area contributed by atoms with E-state index in [9.17, 15) is 14.0 Å². The first-order chi connectivity index (χ1) is 13.0. The van der Waals surface area contributed by atoms with Gasteiger partial charge in [0.2, 0.25) is 0 Å². The average molecular weight is 370 g/mol. The Labute approximate surface area is 153 Å². The quantitative estimate of drug-likeness (QED) is 0.642. The maximum atomic E-state index is 13.8. The van der Waals surface area contributed by atoms with Crippen LogP contribution in [0.5, 0.6) is 0 Å². The fraction of sp³-hybridized carbons (Fsp3) is 0.111. The van der Waals surface area contributed by atoms with E-state index in [0.717, 1.165) is 0 Å². The number of anilines is 3. The van der Waals surface area contributed by atoms with E-state index in [1.807, 2.05) is 0 Å². The lowest BCUT2D eigenvalue weighted by atomic mass is 10.2. The van der Waals surface area contributed by atoms with Gasteiger partial charge in [0.15, 0.2) is 12.4 Å². The maximum Gasteiger partial charge on any atom is 0.342 e. The molecule has 0 radical (unpaired) electrons. The van der Waals surface area contributed by atoms with Crippen molar-refractivity contribution < 1.29 is 23.2 Å². The van der Waals surface area contributed by atoms with Crippen LogP contribution >= 0.6 is 0 Å². The molecule has 2 N–H and O–H groups in total. The van der Waals surface area contributed by atoms with Gasteiger partial charge >= 0.3 is 5.97 Å². The fourth-order valence-electron chi connectivity index (χ4n) is 2.17. The van der Waals surface area contributed by atoms with Crippen LogP contribution in [0.3, 0.4) is 0 Å². The Morgan fingerprint density at radius 2 is 2.04 bits per heavy atom. The van der Waals surface area contributed by atoms with E-state index in [-0.39, 0.29) is 22.9 Å². The number of nitrogens with zero attached hydrogens (tertiary/aromatic N) is 2. The van der Waals surface area contributed by atoms with E-state index < -0.39 is 24.3 Å². The second-order valence-corrected chi connectivity index (χ2v) is 5.45. The fourth-order valence-corrected chi connectivity index (χ4v) is 2.17. The van der Waals surface area contributed by atoms with Gasteiger partial charge < -0.3 is 19.9 Å². The van der Waals surface area contributed by atoms with Crippen LogP contribution in [0.4, 0.5) is 21.7 Å². The third kappa shape index (κ3) is 4.66. The molecule has 8 nitrogen and oxygen atoms in total. The minimum atomic E-state index is -0.784. The van der Waals surface area contributed by atoms with Crippen molar-refractivity contribution >= 4 is 29.2 Å². The van der Waals surface area contributed by atoms with Gasteiger partial charge in [-0.1, -0.05) is 17.3 Å². The molecule has 0 aliphatic rings. The zero-order chi connectivity index (χ0) is 19.2. The summed E-state index contributed by atoms with van der Waals surface area (Å²) in [5.74, 6) is -0.999. The molecule has 27 heavy (non-hydrogen) atoms. The second kappa shape index (κ2) is 8.09. The van der Waals surface area contributed by atoms with Gasteiger partial charge in [-0.3, -0.25) is 4.79 Å². The summed E-state index contributed by atoms with van der Waals surface area (Å²) in [5, 5.41) is 8.78. The molecule has 0 atom stereocenters. The van der Waals surface area contributed by atoms with Crippen molar-refractivity contribution in [3.05, 3.63) is 65.8 Å². The molecule has 0 unspecified atom stereocenters. The van der Waals surface area contributed by atoms with Gasteiger partial charge in [-0.05, 0) is 31.2 Å². The van der Waals surface area contributed by atoms with E-state index in [1.165, 1.54) is 36.5 Å². The number of hydrogen-bond acceptors (Lipinski definition) is 7. The standard InChI is InChI=1S/C18H15FN4O4/c1-11-9-15(23-27-11)22-16(24)10-26-18(25)12-5-4-8-20-17(12)21-14-7-3-2-6-13(14)19/h2-9H,10H2,1H3,(H,20,21)(H,22,23,24). The largest absolute Gasteiger partial charge is 0.452 e. The summed E-state index contributed by atoms with van der Waals surface area (Å²) in [4.78, 5) is 28.2. The van der Waals surface area contributed by atoms with E-state index in [0.29, 0.717) is 5.76 Å². The van der Waals surface area contributed by atoms with Crippen LogP contribution in [0, 0.1) is 12.7 Å². The van der Waals surface area contributed by atoms with E-state index >= 15 is 0 Å². The SMILES string of the molecule is Cc1cc(NC(=O)COC(=O)c2cccnc2Nc2ccccc2F)no1. The number of aryl methyl sites for hydroxylation is 1. The molecular formula is C18H15FN4O4. The number of ether oxygens (including phenoxy) is 1. The van der Waals surface area contributed by atoms with E-state index in [2.05, 4.69) is 20.8 Å². The lowest BCUT2D eigenvalue weighted by Gasteiger charge is -2.11. The summed E-state index contributed by atoms with van der Waals surface area (Å²) in [6.07, 6.45) is 1.44. The van der Waals surface area contributed by atoms with Crippen molar-refractivity contribution in [2.24, 2.45) is 0 Å². The number of esters is 1. The molecular weight excluding hydrogens is 355 g/mol. The number of pyridine rings is 1. The lowest BCUT2D eigenvalue weighted by molar-refractivity contribution is -0.119. The smallest absolute Gasteiger partial charge is 0.342 e. The Bertz CT molecular complexity index is 973. The Morgan fingerprint density at radius 1 is 1.22 bits per heavy atom. The number of carbonyl (C=O) groups is 2. The molecule has 0 aliphatic heterocycles. The van der Waals surface area contributed by atoms with Crippen LogP contribution in [0.25, 0.3) is 0 Å². The van der Waals surface area contributed by atoms with Gasteiger partial charge in [0.25, 0.3) is 5.91 Å². The first-order valence-corrected chi connectivity index (χ1v) is 7.90. The highest BCUT2D eigenvalue weighted by Gasteiger charge is 2.17. The summed E-state index contributed by atoms with van der Waals surface area (Å²) in [6.45, 7) is 1.15. The predicted molar refractivity (Wildman–Crippen MR) is 94.1 cm³/mol. The Kier molecular flexibility index (Phi) is 5.41. The Morgan fingerprint density at radius 3 is 2.78 bits per heavy atom. The Balaban J connectivity index is 1.64. The highest BCUT2D eigenvalue weighted by atomic mass is 19.1. The first kappa shape index (κ1) is 18.1. The van der Waals surface area contributed by atoms with Gasteiger partial charge in [-0.25, -0.2) is 14.2 Å². The van der Waals surface area contributed by atoms with Crippen LogP contribution in [0.1, 0.15) is 16.1 Å². The molecule has 1 amide bonds. The molecule has 0 fully saturated rings. The van der Waals surface area contributed by atoms with Crippen molar-refractivity contribution in [1.29, 1.82) is 0 Å². The van der Waals surface area contributed by atoms with Crippen LogP contribution < -0.4 is 10.6 Å². The number of amides is 1. The minimum Gasteiger partial charge on any atom is -0.452 e. The number of halogens is 1. The number of hydrogen-bond donors (Lipinski definition) is 2. The number of para-hydroxylation sites is 1. The monoisotopic (exact) mass is 370 g/mol. The second-order valence-electron chi connectivity index (χ2n) is 5.45. The molecule has 0 saturated carbocycles. The zero-order valence-corrected chi connectivity index (χ0v) is 14.2. The predicted octanol–water partition coefficient (Wildman–Crippen LogP) is 3.06. The summed E-state index contributed by atoms with van der Waals surface area (Å²) in [5.41, 5.74) is 0.218. The average Bonchev–Trinajstić information content (AvgIpc) is 3.07. The van der Waals surface area contributed by atoms with Crippen LogP contribution in [0.15, 0.2) is 53.2 Å². The number of rotatable bonds is 6. The van der Waals surface area contributed by atoms with Crippen LogP contribution in [0.2, 0.25) is 0 Å². The van der Waals surface area contributed by atoms with Crippen molar-refractivity contribution in [1.82, 2.24) is 10.1 Å². The molecule has 3 aromatic rings. The minimum absolute atomic E-state index is 0.0610. The number of aromatic nitrogens is 2. The molecule has 1 aromatic carbocycles. The molecule has 138 valence electrons. The highest BCUT2D eigenvalue weighted by Crippen LogP contribution is 2.21.